The molecule has 1 aromatic rings. The summed E-state index contributed by atoms with van der Waals surface area (Å²) in [6, 6.07) is 9.67. The molecule has 0 bridgehead atoms. The lowest BCUT2D eigenvalue weighted by Crippen LogP contribution is -2.26. The van der Waals surface area contributed by atoms with Crippen molar-refractivity contribution in [2.24, 2.45) is 5.92 Å². The van der Waals surface area contributed by atoms with E-state index < -0.39 is 5.60 Å². The van der Waals surface area contributed by atoms with Crippen LogP contribution in [0.15, 0.2) is 30.3 Å². The lowest BCUT2D eigenvalue weighted by Gasteiger charge is -2.20. The minimum Gasteiger partial charge on any atom is -0.460 e. The number of carbonyl (C=O) groups excluding carboxylic acids is 2. The Hall–Kier alpha value is -1.64. The summed E-state index contributed by atoms with van der Waals surface area (Å²) in [5, 5.41) is 0. The number of aldehydes is 1. The van der Waals surface area contributed by atoms with Crippen molar-refractivity contribution in [1.29, 1.82) is 0 Å². The van der Waals surface area contributed by atoms with Crippen molar-refractivity contribution in [2.45, 2.75) is 39.2 Å². The highest BCUT2D eigenvalue weighted by Crippen LogP contribution is 2.14. The van der Waals surface area contributed by atoms with E-state index in [0.29, 0.717) is 6.42 Å². The van der Waals surface area contributed by atoms with Gasteiger partial charge in [-0.05, 0) is 32.8 Å². The van der Waals surface area contributed by atoms with Crippen LogP contribution in [0.5, 0.6) is 0 Å². The first-order valence-corrected chi connectivity index (χ1v) is 6.12. The predicted octanol–water partition coefficient (Wildman–Crippen LogP) is 2.78. The van der Waals surface area contributed by atoms with Crippen molar-refractivity contribution in [2.75, 3.05) is 0 Å². The fourth-order valence-electron chi connectivity index (χ4n) is 1.68. The lowest BCUT2D eigenvalue weighted by atomic mass is 9.97. The molecule has 0 aliphatic carbocycles. The summed E-state index contributed by atoms with van der Waals surface area (Å²) in [5.41, 5.74) is 0.551. The third-order valence-corrected chi connectivity index (χ3v) is 2.38. The molecule has 0 aliphatic heterocycles. The average molecular weight is 248 g/mol. The fraction of sp³-hybridized carbons (Fsp3) is 0.467. The summed E-state index contributed by atoms with van der Waals surface area (Å²) in [5.74, 6) is -0.641. The van der Waals surface area contributed by atoms with Crippen molar-refractivity contribution in [1.82, 2.24) is 0 Å². The molecule has 3 nitrogen and oxygen atoms in total. The number of rotatable bonds is 5. The topological polar surface area (TPSA) is 43.4 Å². The molecule has 0 fully saturated rings. The molecule has 0 heterocycles. The molecule has 0 spiro atoms. The van der Waals surface area contributed by atoms with Gasteiger partial charge in [0.25, 0.3) is 0 Å². The van der Waals surface area contributed by atoms with Crippen LogP contribution in [0.2, 0.25) is 0 Å². The first-order chi connectivity index (χ1) is 8.40. The Bertz CT molecular complexity index is 390. The lowest BCUT2D eigenvalue weighted by molar-refractivity contribution is -0.156. The zero-order chi connectivity index (χ0) is 13.6. The second kappa shape index (κ2) is 6.34. The van der Waals surface area contributed by atoms with E-state index in [9.17, 15) is 9.59 Å². The van der Waals surface area contributed by atoms with Gasteiger partial charge in [-0.1, -0.05) is 30.3 Å². The smallest absolute Gasteiger partial charge is 0.307 e. The zero-order valence-electron chi connectivity index (χ0n) is 11.2. The molecule has 0 aliphatic rings. The molecule has 0 unspecified atom stereocenters. The Balaban J connectivity index is 2.53. The molecule has 0 amide bonds. The third kappa shape index (κ3) is 5.62. The SMILES string of the molecule is CC(C)(C)OC(=O)C[C@H](C=O)Cc1ccccc1. The molecule has 0 saturated heterocycles. The van der Waals surface area contributed by atoms with Crippen LogP contribution in [-0.4, -0.2) is 17.9 Å². The number of carbonyl (C=O) groups is 2. The van der Waals surface area contributed by atoms with E-state index in [2.05, 4.69) is 0 Å². The van der Waals surface area contributed by atoms with Crippen molar-refractivity contribution in [3.8, 4) is 0 Å². The van der Waals surface area contributed by atoms with E-state index in [-0.39, 0.29) is 18.3 Å². The van der Waals surface area contributed by atoms with Gasteiger partial charge in [-0.2, -0.15) is 0 Å². The molecule has 1 atom stereocenters. The zero-order valence-corrected chi connectivity index (χ0v) is 11.2. The van der Waals surface area contributed by atoms with Gasteiger partial charge in [-0.3, -0.25) is 4.79 Å². The molecule has 0 aromatic heterocycles. The van der Waals surface area contributed by atoms with Gasteiger partial charge in [0, 0.05) is 5.92 Å². The van der Waals surface area contributed by atoms with Gasteiger partial charge >= 0.3 is 5.97 Å². The van der Waals surface area contributed by atoms with Crippen molar-refractivity contribution in [3.05, 3.63) is 35.9 Å². The van der Waals surface area contributed by atoms with Crippen molar-refractivity contribution in [3.63, 3.8) is 0 Å². The van der Waals surface area contributed by atoms with Gasteiger partial charge in [-0.25, -0.2) is 0 Å². The first-order valence-electron chi connectivity index (χ1n) is 6.12. The Morgan fingerprint density at radius 1 is 1.28 bits per heavy atom. The maximum Gasteiger partial charge on any atom is 0.307 e. The van der Waals surface area contributed by atoms with E-state index in [1.54, 1.807) is 0 Å². The summed E-state index contributed by atoms with van der Waals surface area (Å²) in [6.45, 7) is 5.45. The monoisotopic (exact) mass is 248 g/mol. The fourth-order valence-corrected chi connectivity index (χ4v) is 1.68. The Kier molecular flexibility index (Phi) is 5.08. The van der Waals surface area contributed by atoms with Crippen molar-refractivity contribution < 1.29 is 14.3 Å². The highest BCUT2D eigenvalue weighted by Gasteiger charge is 2.20. The van der Waals surface area contributed by atoms with Gasteiger partial charge in [0.15, 0.2) is 0 Å². The molecule has 0 radical (unpaired) electrons. The Morgan fingerprint density at radius 2 is 1.89 bits per heavy atom. The second-order valence-electron chi connectivity index (χ2n) is 5.38. The molecular formula is C15H20O3. The number of benzene rings is 1. The number of ether oxygens (including phenoxy) is 1. The second-order valence-corrected chi connectivity index (χ2v) is 5.38. The Labute approximate surface area is 108 Å². The minimum absolute atomic E-state index is 0.135. The highest BCUT2D eigenvalue weighted by atomic mass is 16.6. The summed E-state index contributed by atoms with van der Waals surface area (Å²) in [7, 11) is 0. The summed E-state index contributed by atoms with van der Waals surface area (Å²) >= 11 is 0. The summed E-state index contributed by atoms with van der Waals surface area (Å²) in [4.78, 5) is 22.6. The van der Waals surface area contributed by atoms with Crippen LogP contribution in [0.1, 0.15) is 32.8 Å². The van der Waals surface area contributed by atoms with Gasteiger partial charge in [0.2, 0.25) is 0 Å². The van der Waals surface area contributed by atoms with Gasteiger partial charge in [0.05, 0.1) is 6.42 Å². The van der Waals surface area contributed by atoms with E-state index in [1.165, 1.54) is 0 Å². The van der Waals surface area contributed by atoms with Crippen molar-refractivity contribution >= 4 is 12.3 Å². The summed E-state index contributed by atoms with van der Waals surface area (Å²) in [6.07, 6.45) is 1.54. The number of esters is 1. The predicted molar refractivity (Wildman–Crippen MR) is 70.2 cm³/mol. The third-order valence-electron chi connectivity index (χ3n) is 2.38. The highest BCUT2D eigenvalue weighted by molar-refractivity contribution is 5.74. The first kappa shape index (κ1) is 14.4. The average Bonchev–Trinajstić information content (AvgIpc) is 2.27. The number of hydrogen-bond donors (Lipinski definition) is 0. The Morgan fingerprint density at radius 3 is 2.39 bits per heavy atom. The molecule has 1 rings (SSSR count). The maximum absolute atomic E-state index is 11.6. The molecule has 98 valence electrons. The van der Waals surface area contributed by atoms with Crippen LogP contribution in [0.25, 0.3) is 0 Å². The summed E-state index contributed by atoms with van der Waals surface area (Å²) < 4.78 is 5.21. The van der Waals surface area contributed by atoms with E-state index in [0.717, 1.165) is 11.8 Å². The molecule has 0 N–H and O–H groups in total. The molecule has 3 heteroatoms. The van der Waals surface area contributed by atoms with Crippen LogP contribution in [0.3, 0.4) is 0 Å². The normalized spacial score (nSPS) is 12.8. The van der Waals surface area contributed by atoms with Crippen LogP contribution in [0, 0.1) is 5.92 Å². The van der Waals surface area contributed by atoms with Crippen LogP contribution >= 0.6 is 0 Å². The van der Waals surface area contributed by atoms with Gasteiger partial charge in [0.1, 0.15) is 11.9 Å². The van der Waals surface area contributed by atoms with Gasteiger partial charge < -0.3 is 9.53 Å². The van der Waals surface area contributed by atoms with Gasteiger partial charge in [-0.15, -0.1) is 0 Å². The number of hydrogen-bond acceptors (Lipinski definition) is 3. The van der Waals surface area contributed by atoms with Crippen LogP contribution in [0.4, 0.5) is 0 Å². The van der Waals surface area contributed by atoms with Crippen LogP contribution < -0.4 is 0 Å². The van der Waals surface area contributed by atoms with E-state index >= 15 is 0 Å². The molecular weight excluding hydrogens is 228 g/mol. The quantitative estimate of drug-likeness (QED) is 0.594. The van der Waals surface area contributed by atoms with Crippen LogP contribution in [-0.2, 0) is 20.7 Å². The maximum atomic E-state index is 11.6. The largest absolute Gasteiger partial charge is 0.460 e. The molecule has 1 aromatic carbocycles. The van der Waals surface area contributed by atoms with E-state index in [1.807, 2.05) is 51.1 Å². The standard InChI is InChI=1S/C15H20O3/c1-15(2,3)18-14(17)10-13(11-16)9-12-7-5-4-6-8-12/h4-8,11,13H,9-10H2,1-3H3/t13-/m1/s1. The van der Waals surface area contributed by atoms with E-state index in [4.69, 9.17) is 4.74 Å². The molecule has 0 saturated carbocycles. The minimum atomic E-state index is -0.503. The molecule has 18 heavy (non-hydrogen) atoms.